The smallest absolute Gasteiger partial charge is 0.251 e. The molecule has 12 heteroatoms. The molecular weight excluding hydrogens is 533 g/mol. The lowest BCUT2D eigenvalue weighted by Gasteiger charge is -2.29. The lowest BCUT2D eigenvalue weighted by molar-refractivity contribution is -0.120. The van der Waals surface area contributed by atoms with Crippen molar-refractivity contribution < 1.29 is 38.4 Å². The summed E-state index contributed by atoms with van der Waals surface area (Å²) in [6.07, 6.45) is 0. The molecule has 1 atom stereocenters. The van der Waals surface area contributed by atoms with Crippen LogP contribution in [0.4, 0.5) is 4.39 Å². The molecule has 3 aromatic rings. The third-order valence-electron chi connectivity index (χ3n) is 5.69. The molecule has 39 heavy (non-hydrogen) atoms. The summed E-state index contributed by atoms with van der Waals surface area (Å²) in [6, 6.07) is 11.6. The molecule has 10 nitrogen and oxygen atoms in total. The van der Waals surface area contributed by atoms with Crippen molar-refractivity contribution in [3.63, 3.8) is 0 Å². The van der Waals surface area contributed by atoms with Gasteiger partial charge in [0.15, 0.2) is 11.5 Å². The Morgan fingerprint density at radius 3 is 2.33 bits per heavy atom. The number of halogens is 2. The van der Waals surface area contributed by atoms with Crippen LogP contribution >= 0.6 is 11.6 Å². The second kappa shape index (κ2) is 13.2. The van der Waals surface area contributed by atoms with Crippen molar-refractivity contribution in [3.8, 4) is 28.5 Å². The fraction of sp³-hybridized carbons (Fsp3) is 0.296. The Morgan fingerprint density at radius 2 is 1.69 bits per heavy atom. The van der Waals surface area contributed by atoms with E-state index in [0.717, 1.165) is 0 Å². The molecule has 0 aliphatic carbocycles. The van der Waals surface area contributed by atoms with Crippen molar-refractivity contribution in [2.24, 2.45) is 0 Å². The number of benzene rings is 2. The zero-order valence-corrected chi connectivity index (χ0v) is 22.3. The van der Waals surface area contributed by atoms with Crippen LogP contribution in [0.2, 0.25) is 5.02 Å². The summed E-state index contributed by atoms with van der Waals surface area (Å²) in [6.45, 7) is 0.550. The molecular formula is C27H29ClFN3O7. The third-order valence-corrected chi connectivity index (χ3v) is 5.98. The van der Waals surface area contributed by atoms with Gasteiger partial charge in [-0.2, -0.15) is 0 Å². The molecule has 0 radical (unpaired) electrons. The van der Waals surface area contributed by atoms with E-state index >= 15 is 0 Å². The second-order valence-electron chi connectivity index (χ2n) is 8.44. The van der Waals surface area contributed by atoms with Gasteiger partial charge in [0, 0.05) is 18.1 Å². The fourth-order valence-corrected chi connectivity index (χ4v) is 3.83. The van der Waals surface area contributed by atoms with Crippen LogP contribution in [0.15, 0.2) is 48.5 Å². The lowest BCUT2D eigenvalue weighted by atomic mass is 9.97. The number of methoxy groups -OCH3 is 2. The van der Waals surface area contributed by atoms with E-state index in [1.807, 2.05) is 0 Å². The number of pyridine rings is 1. The Morgan fingerprint density at radius 1 is 1.00 bits per heavy atom. The quantitative estimate of drug-likeness (QED) is 0.265. The molecule has 0 fully saturated rings. The molecule has 0 bridgehead atoms. The van der Waals surface area contributed by atoms with Gasteiger partial charge in [0.1, 0.15) is 29.5 Å². The first kappa shape index (κ1) is 29.6. The van der Waals surface area contributed by atoms with Crippen molar-refractivity contribution >= 4 is 23.4 Å². The second-order valence-corrected chi connectivity index (χ2v) is 8.85. The predicted octanol–water partition coefficient (Wildman–Crippen LogP) is 2.68. The fourth-order valence-electron chi connectivity index (χ4n) is 3.65. The van der Waals surface area contributed by atoms with E-state index in [4.69, 9.17) is 30.9 Å². The number of nitrogens with one attached hydrogen (secondary N) is 2. The lowest BCUT2D eigenvalue weighted by Crippen LogP contribution is -2.48. The number of amides is 2. The summed E-state index contributed by atoms with van der Waals surface area (Å²) in [5, 5.41) is 25.7. The molecule has 0 saturated heterocycles. The van der Waals surface area contributed by atoms with Crippen molar-refractivity contribution in [3.05, 3.63) is 70.6 Å². The molecule has 1 aromatic heterocycles. The van der Waals surface area contributed by atoms with Gasteiger partial charge >= 0.3 is 0 Å². The van der Waals surface area contributed by atoms with Crippen LogP contribution in [-0.2, 0) is 10.4 Å². The molecule has 1 unspecified atom stereocenters. The number of hydrogen-bond donors (Lipinski definition) is 4. The van der Waals surface area contributed by atoms with Gasteiger partial charge in [-0.1, -0.05) is 11.6 Å². The van der Waals surface area contributed by atoms with Crippen LogP contribution in [0.5, 0.6) is 17.2 Å². The van der Waals surface area contributed by atoms with Crippen LogP contribution in [0.1, 0.15) is 23.0 Å². The number of rotatable bonds is 12. The monoisotopic (exact) mass is 561 g/mol. The number of ether oxygens (including phenoxy) is 3. The summed E-state index contributed by atoms with van der Waals surface area (Å²) in [7, 11) is 2.85. The predicted molar refractivity (Wildman–Crippen MR) is 142 cm³/mol. The number of aliphatic hydroxyl groups excluding tert-OH is 1. The topological polar surface area (TPSA) is 139 Å². The molecule has 2 aromatic carbocycles. The number of carbonyl (C=O) groups is 2. The van der Waals surface area contributed by atoms with Crippen molar-refractivity contribution in [1.82, 2.24) is 15.6 Å². The minimum atomic E-state index is -1.85. The summed E-state index contributed by atoms with van der Waals surface area (Å²) >= 11 is 5.96. The Bertz CT molecular complexity index is 1340. The first-order valence-corrected chi connectivity index (χ1v) is 12.2. The molecule has 208 valence electrons. The average molecular weight is 562 g/mol. The number of nitrogens with zero attached hydrogens (tertiary/aromatic N) is 1. The number of hydrogen-bond acceptors (Lipinski definition) is 8. The van der Waals surface area contributed by atoms with E-state index in [-0.39, 0.29) is 54.0 Å². The SMILES string of the molecule is COc1cc(C(=O)NCC(O)(CNC(C)=O)c2ccc(OC)c(-c3ccc(F)c(Cl)c3)n2)ccc1OCCO. The molecule has 0 spiro atoms. The summed E-state index contributed by atoms with van der Waals surface area (Å²) in [5.74, 6) is -0.581. The van der Waals surface area contributed by atoms with Gasteiger partial charge in [0.05, 0.1) is 44.6 Å². The standard InChI is InChI=1S/C27H29ClFN3O7/c1-16(34)30-14-27(36,15-31-26(35)18-5-7-21(39-11-10-33)23(13-18)38-3)24-9-8-22(37-2)25(32-24)17-4-6-20(29)19(28)12-17/h4-9,12-13,33,36H,10-11,14-15H2,1-3H3,(H,30,34)(H,31,35). The first-order chi connectivity index (χ1) is 18.6. The van der Waals surface area contributed by atoms with Crippen molar-refractivity contribution in [2.45, 2.75) is 12.5 Å². The van der Waals surface area contributed by atoms with E-state index in [2.05, 4.69) is 15.6 Å². The van der Waals surface area contributed by atoms with E-state index < -0.39 is 23.2 Å². The highest BCUT2D eigenvalue weighted by atomic mass is 35.5. The highest BCUT2D eigenvalue weighted by Crippen LogP contribution is 2.33. The zero-order valence-electron chi connectivity index (χ0n) is 21.6. The summed E-state index contributed by atoms with van der Waals surface area (Å²) < 4.78 is 29.8. The van der Waals surface area contributed by atoms with Crippen LogP contribution < -0.4 is 24.8 Å². The first-order valence-electron chi connectivity index (χ1n) is 11.8. The Kier molecular flexibility index (Phi) is 10.0. The Balaban J connectivity index is 1.92. The molecule has 1 heterocycles. The molecule has 2 amide bonds. The maximum Gasteiger partial charge on any atom is 0.251 e. The number of aromatic nitrogens is 1. The molecule has 0 saturated carbocycles. The molecule has 3 rings (SSSR count). The van der Waals surface area contributed by atoms with Gasteiger partial charge in [-0.3, -0.25) is 9.59 Å². The van der Waals surface area contributed by atoms with Crippen LogP contribution in [0, 0.1) is 5.82 Å². The Hall–Kier alpha value is -3.93. The van der Waals surface area contributed by atoms with E-state index in [9.17, 15) is 19.1 Å². The molecule has 0 aliphatic heterocycles. The Labute approximate surface area is 229 Å². The largest absolute Gasteiger partial charge is 0.494 e. The highest BCUT2D eigenvalue weighted by molar-refractivity contribution is 6.31. The normalized spacial score (nSPS) is 12.3. The van der Waals surface area contributed by atoms with E-state index in [0.29, 0.717) is 17.1 Å². The number of aliphatic hydroxyl groups is 2. The maximum absolute atomic E-state index is 13.8. The van der Waals surface area contributed by atoms with Crippen LogP contribution in [-0.4, -0.2) is 67.5 Å². The molecule has 0 aliphatic rings. The minimum absolute atomic E-state index is 0.0546. The van der Waals surface area contributed by atoms with Gasteiger partial charge in [-0.05, 0) is 48.5 Å². The van der Waals surface area contributed by atoms with E-state index in [1.165, 1.54) is 63.6 Å². The van der Waals surface area contributed by atoms with Gasteiger partial charge in [-0.25, -0.2) is 9.37 Å². The summed E-state index contributed by atoms with van der Waals surface area (Å²) in [4.78, 5) is 29.2. The van der Waals surface area contributed by atoms with Crippen LogP contribution in [0.3, 0.4) is 0 Å². The van der Waals surface area contributed by atoms with Crippen LogP contribution in [0.25, 0.3) is 11.3 Å². The van der Waals surface area contributed by atoms with Gasteiger partial charge < -0.3 is 35.1 Å². The minimum Gasteiger partial charge on any atom is -0.494 e. The van der Waals surface area contributed by atoms with Crippen molar-refractivity contribution in [2.75, 3.05) is 40.5 Å². The van der Waals surface area contributed by atoms with Crippen molar-refractivity contribution in [1.29, 1.82) is 0 Å². The molecule has 4 N–H and O–H groups in total. The van der Waals surface area contributed by atoms with E-state index in [1.54, 1.807) is 6.07 Å². The van der Waals surface area contributed by atoms with Gasteiger partial charge in [0.25, 0.3) is 5.91 Å². The summed E-state index contributed by atoms with van der Waals surface area (Å²) in [5.41, 5.74) is -0.817. The number of carbonyl (C=O) groups excluding carboxylic acids is 2. The maximum atomic E-state index is 13.8. The van der Waals surface area contributed by atoms with Gasteiger partial charge in [-0.15, -0.1) is 0 Å². The average Bonchev–Trinajstić information content (AvgIpc) is 2.94. The highest BCUT2D eigenvalue weighted by Gasteiger charge is 2.33. The van der Waals surface area contributed by atoms with Gasteiger partial charge in [0.2, 0.25) is 5.91 Å². The zero-order chi connectivity index (χ0) is 28.6. The third kappa shape index (κ3) is 7.34.